The van der Waals surface area contributed by atoms with Crippen LogP contribution in [0.2, 0.25) is 0 Å². The number of carbonyl (C=O) groups excluding carboxylic acids is 2. The average Bonchev–Trinajstić information content (AvgIpc) is 2.89. The van der Waals surface area contributed by atoms with Crippen molar-refractivity contribution < 1.29 is 18.8 Å². The van der Waals surface area contributed by atoms with Crippen LogP contribution in [0.3, 0.4) is 0 Å². The number of rotatable bonds is 6. The number of nitrogens with zero attached hydrogens (tertiary/aromatic N) is 2. The van der Waals surface area contributed by atoms with Crippen LogP contribution in [0.25, 0.3) is 4.85 Å². The smallest absolute Gasteiger partial charge is 0.338 e. The number of amides is 1. The SMILES string of the molecule is [C-]#[N+]c1cc(C)c(NC(=O)C[N+]2(CC)CCCCCC2)c(C(=O)OCC)c1. The number of nitrogens with one attached hydrogen (secondary N) is 1. The number of esters is 1. The van der Waals surface area contributed by atoms with Gasteiger partial charge < -0.3 is 14.5 Å². The van der Waals surface area contributed by atoms with E-state index in [9.17, 15) is 9.59 Å². The van der Waals surface area contributed by atoms with Gasteiger partial charge in [-0.3, -0.25) is 4.79 Å². The summed E-state index contributed by atoms with van der Waals surface area (Å²) in [6.07, 6.45) is 4.75. The summed E-state index contributed by atoms with van der Waals surface area (Å²) in [6.45, 7) is 16.5. The van der Waals surface area contributed by atoms with Crippen molar-refractivity contribution in [3.05, 3.63) is 34.7 Å². The molecule has 2 rings (SSSR count). The van der Waals surface area contributed by atoms with E-state index >= 15 is 0 Å². The molecule has 1 aliphatic rings. The molecule has 0 radical (unpaired) electrons. The number of ether oxygens (including phenoxy) is 1. The van der Waals surface area contributed by atoms with Crippen LogP contribution >= 0.6 is 0 Å². The summed E-state index contributed by atoms with van der Waals surface area (Å²) >= 11 is 0. The first kappa shape index (κ1) is 20.9. The molecule has 1 heterocycles. The van der Waals surface area contributed by atoms with E-state index in [1.165, 1.54) is 18.9 Å². The van der Waals surface area contributed by atoms with E-state index in [0.29, 0.717) is 23.5 Å². The molecule has 1 amide bonds. The molecule has 1 aromatic carbocycles. The Morgan fingerprint density at radius 1 is 1.19 bits per heavy atom. The number of carbonyl (C=O) groups is 2. The largest absolute Gasteiger partial charge is 0.462 e. The highest BCUT2D eigenvalue weighted by Crippen LogP contribution is 2.28. The molecular formula is C21H30N3O3+. The molecule has 0 saturated carbocycles. The molecule has 0 spiro atoms. The highest BCUT2D eigenvalue weighted by molar-refractivity contribution is 6.03. The molecule has 1 aliphatic heterocycles. The number of benzene rings is 1. The average molecular weight is 372 g/mol. The lowest BCUT2D eigenvalue weighted by Gasteiger charge is -2.36. The van der Waals surface area contributed by atoms with Crippen molar-refractivity contribution in [2.75, 3.05) is 38.1 Å². The summed E-state index contributed by atoms with van der Waals surface area (Å²) in [5.74, 6) is -0.612. The van der Waals surface area contributed by atoms with Crippen molar-refractivity contribution in [1.29, 1.82) is 0 Å². The Balaban J connectivity index is 2.25. The fourth-order valence-electron chi connectivity index (χ4n) is 3.80. The fraction of sp³-hybridized carbons (Fsp3) is 0.571. The third kappa shape index (κ3) is 5.30. The van der Waals surface area contributed by atoms with Gasteiger partial charge in [-0.1, -0.05) is 6.07 Å². The molecule has 0 aromatic heterocycles. The number of likely N-dealkylation sites (tertiary alicyclic amines) is 1. The second-order valence-electron chi connectivity index (χ2n) is 7.24. The summed E-state index contributed by atoms with van der Waals surface area (Å²) in [7, 11) is 0. The topological polar surface area (TPSA) is 59.8 Å². The number of hydrogen-bond donors (Lipinski definition) is 1. The molecule has 6 nitrogen and oxygen atoms in total. The molecule has 6 heteroatoms. The Morgan fingerprint density at radius 3 is 2.41 bits per heavy atom. The lowest BCUT2D eigenvalue weighted by atomic mass is 10.1. The molecule has 1 saturated heterocycles. The Kier molecular flexibility index (Phi) is 7.37. The molecule has 1 N–H and O–H groups in total. The van der Waals surface area contributed by atoms with Crippen LogP contribution in [0.1, 0.15) is 55.5 Å². The van der Waals surface area contributed by atoms with Crippen molar-refractivity contribution in [2.45, 2.75) is 46.5 Å². The molecular weight excluding hydrogens is 342 g/mol. The number of aryl methyl sites for hydroxylation is 1. The fourth-order valence-corrected chi connectivity index (χ4v) is 3.80. The predicted octanol–water partition coefficient (Wildman–Crippen LogP) is 4.07. The Hall–Kier alpha value is -2.39. The summed E-state index contributed by atoms with van der Waals surface area (Å²) < 4.78 is 5.91. The number of likely N-dealkylation sites (N-methyl/N-ethyl adjacent to an activating group) is 1. The number of quaternary nitrogens is 1. The summed E-state index contributed by atoms with van der Waals surface area (Å²) in [5.41, 5.74) is 1.75. The lowest BCUT2D eigenvalue weighted by molar-refractivity contribution is -0.918. The van der Waals surface area contributed by atoms with Crippen molar-refractivity contribution in [1.82, 2.24) is 0 Å². The van der Waals surface area contributed by atoms with Gasteiger partial charge in [-0.2, -0.15) is 0 Å². The summed E-state index contributed by atoms with van der Waals surface area (Å²) in [6, 6.07) is 3.17. The molecule has 0 unspecified atom stereocenters. The van der Waals surface area contributed by atoms with E-state index < -0.39 is 5.97 Å². The summed E-state index contributed by atoms with van der Waals surface area (Å²) in [4.78, 5) is 28.6. The maximum Gasteiger partial charge on any atom is 0.338 e. The zero-order chi connectivity index (χ0) is 19.9. The molecule has 1 aromatic rings. The van der Waals surface area contributed by atoms with Gasteiger partial charge in [-0.05, 0) is 58.1 Å². The Bertz CT molecular complexity index is 729. The quantitative estimate of drug-likeness (QED) is 0.465. The van der Waals surface area contributed by atoms with Crippen molar-refractivity contribution in [3.8, 4) is 0 Å². The molecule has 0 bridgehead atoms. The molecule has 0 atom stereocenters. The van der Waals surface area contributed by atoms with Crippen LogP contribution < -0.4 is 5.32 Å². The maximum atomic E-state index is 12.9. The van der Waals surface area contributed by atoms with Gasteiger partial charge in [-0.25, -0.2) is 9.64 Å². The lowest BCUT2D eigenvalue weighted by Crippen LogP contribution is -2.52. The van der Waals surface area contributed by atoms with Gasteiger partial charge >= 0.3 is 5.97 Å². The van der Waals surface area contributed by atoms with Crippen LogP contribution in [0.4, 0.5) is 11.4 Å². The second kappa shape index (κ2) is 9.52. The first-order valence-electron chi connectivity index (χ1n) is 9.79. The van der Waals surface area contributed by atoms with E-state index in [1.807, 2.05) is 0 Å². The highest BCUT2D eigenvalue weighted by Gasteiger charge is 2.30. The van der Waals surface area contributed by atoms with Crippen LogP contribution in [0.15, 0.2) is 12.1 Å². The minimum atomic E-state index is -0.518. The number of anilines is 1. The normalized spacial score (nSPS) is 16.1. The standard InChI is InChI=1S/C21H29N3O3/c1-5-24(11-9-7-8-10-12-24)15-19(25)23-20-16(3)13-17(22-4)14-18(20)21(26)27-6-2/h13-14H,5-12,15H2,1-3H3/p+1. The summed E-state index contributed by atoms with van der Waals surface area (Å²) in [5, 5.41) is 2.94. The Labute approximate surface area is 161 Å². The van der Waals surface area contributed by atoms with Gasteiger partial charge in [0.25, 0.3) is 5.91 Å². The van der Waals surface area contributed by atoms with Crippen molar-refractivity contribution in [3.63, 3.8) is 0 Å². The van der Waals surface area contributed by atoms with Crippen LogP contribution in [0, 0.1) is 13.5 Å². The molecule has 27 heavy (non-hydrogen) atoms. The van der Waals surface area contributed by atoms with Gasteiger partial charge in [0.15, 0.2) is 12.2 Å². The molecule has 1 fully saturated rings. The van der Waals surface area contributed by atoms with Gasteiger partial charge in [0.2, 0.25) is 0 Å². The van der Waals surface area contributed by atoms with E-state index in [1.54, 1.807) is 19.9 Å². The van der Waals surface area contributed by atoms with E-state index in [0.717, 1.165) is 37.0 Å². The minimum absolute atomic E-state index is 0.0945. The van der Waals surface area contributed by atoms with Gasteiger partial charge in [-0.15, -0.1) is 0 Å². The highest BCUT2D eigenvalue weighted by atomic mass is 16.5. The van der Waals surface area contributed by atoms with Crippen molar-refractivity contribution in [2.24, 2.45) is 0 Å². The third-order valence-electron chi connectivity index (χ3n) is 5.37. The van der Waals surface area contributed by atoms with E-state index in [-0.39, 0.29) is 18.1 Å². The maximum absolute atomic E-state index is 12.9. The van der Waals surface area contributed by atoms with Crippen LogP contribution in [-0.2, 0) is 9.53 Å². The zero-order valence-electron chi connectivity index (χ0n) is 16.6. The monoisotopic (exact) mass is 372 g/mol. The van der Waals surface area contributed by atoms with E-state index in [2.05, 4.69) is 17.1 Å². The molecule has 146 valence electrons. The first-order valence-corrected chi connectivity index (χ1v) is 9.79. The molecule has 0 aliphatic carbocycles. The second-order valence-corrected chi connectivity index (χ2v) is 7.24. The first-order chi connectivity index (χ1) is 12.9. The van der Waals surface area contributed by atoms with Gasteiger partial charge in [0, 0.05) is 0 Å². The Morgan fingerprint density at radius 2 is 1.85 bits per heavy atom. The van der Waals surface area contributed by atoms with Gasteiger partial charge in [0.05, 0.1) is 44.1 Å². The minimum Gasteiger partial charge on any atom is -0.462 e. The van der Waals surface area contributed by atoms with Crippen LogP contribution in [0.5, 0.6) is 0 Å². The zero-order valence-corrected chi connectivity index (χ0v) is 16.6. The van der Waals surface area contributed by atoms with Gasteiger partial charge in [0.1, 0.15) is 0 Å². The third-order valence-corrected chi connectivity index (χ3v) is 5.37. The van der Waals surface area contributed by atoms with Crippen LogP contribution in [-0.4, -0.2) is 49.1 Å². The number of hydrogen-bond acceptors (Lipinski definition) is 3. The van der Waals surface area contributed by atoms with E-state index in [4.69, 9.17) is 11.3 Å². The predicted molar refractivity (Wildman–Crippen MR) is 106 cm³/mol. The van der Waals surface area contributed by atoms with Crippen molar-refractivity contribution >= 4 is 23.3 Å².